The van der Waals surface area contributed by atoms with E-state index in [0.29, 0.717) is 28.7 Å². The number of nitrogens with zero attached hydrogens (tertiary/aromatic N) is 1. The summed E-state index contributed by atoms with van der Waals surface area (Å²) in [5.41, 5.74) is 0.827. The van der Waals surface area contributed by atoms with Crippen molar-refractivity contribution in [3.63, 3.8) is 0 Å². The van der Waals surface area contributed by atoms with Crippen LogP contribution in [-0.2, 0) is 9.53 Å². The lowest BCUT2D eigenvalue weighted by Crippen LogP contribution is -2.51. The Morgan fingerprint density at radius 3 is 2.76 bits per heavy atom. The highest BCUT2D eigenvalue weighted by atomic mass is 35.5. The molecule has 1 aromatic carbocycles. The second-order valence-corrected chi connectivity index (χ2v) is 7.06. The third-order valence-corrected chi connectivity index (χ3v) is 5.44. The number of benzene rings is 1. The van der Waals surface area contributed by atoms with Gasteiger partial charge in [-0.15, -0.1) is 11.3 Å². The summed E-state index contributed by atoms with van der Waals surface area (Å²) in [6.45, 7) is 1.52. The molecule has 0 aliphatic carbocycles. The first-order chi connectivity index (χ1) is 12.1. The van der Waals surface area contributed by atoms with Crippen LogP contribution in [-0.4, -0.2) is 43.8 Å². The van der Waals surface area contributed by atoms with Gasteiger partial charge in [-0.2, -0.15) is 0 Å². The first kappa shape index (κ1) is 18.1. The quantitative estimate of drug-likeness (QED) is 0.832. The predicted octanol–water partition coefficient (Wildman–Crippen LogP) is 3.18. The van der Waals surface area contributed by atoms with E-state index < -0.39 is 5.60 Å². The number of hydrogen-bond donors (Lipinski definition) is 2. The van der Waals surface area contributed by atoms with Gasteiger partial charge < -0.3 is 14.8 Å². The standard InChI is InChI=1S/C17H20ClN3O3S/c1-23-14-4-3-11(9-12(14)18)13-10-25-16(20-13)21-15(22)17(24-2)5-7-19-8-6-17/h3-4,9-10,19H,5-8H2,1-2H3,(H,20,21,22). The van der Waals surface area contributed by atoms with E-state index in [0.717, 1.165) is 24.3 Å². The van der Waals surface area contributed by atoms with Crippen molar-refractivity contribution < 1.29 is 14.3 Å². The normalized spacial score (nSPS) is 16.4. The van der Waals surface area contributed by atoms with Gasteiger partial charge in [-0.3, -0.25) is 10.1 Å². The number of carbonyl (C=O) groups excluding carboxylic acids is 1. The van der Waals surface area contributed by atoms with Crippen LogP contribution in [0.2, 0.25) is 5.02 Å². The summed E-state index contributed by atoms with van der Waals surface area (Å²) in [6, 6.07) is 5.48. The number of amides is 1. The maximum absolute atomic E-state index is 12.7. The van der Waals surface area contributed by atoms with Crippen LogP contribution in [0.1, 0.15) is 12.8 Å². The molecule has 8 heteroatoms. The Bertz CT molecular complexity index is 759. The van der Waals surface area contributed by atoms with E-state index in [9.17, 15) is 4.79 Å². The van der Waals surface area contributed by atoms with Crippen molar-refractivity contribution in [1.82, 2.24) is 10.3 Å². The Hall–Kier alpha value is -1.67. The van der Waals surface area contributed by atoms with E-state index in [1.807, 2.05) is 11.4 Å². The van der Waals surface area contributed by atoms with Gasteiger partial charge in [-0.25, -0.2) is 4.98 Å². The average molecular weight is 382 g/mol. The third-order valence-electron chi connectivity index (χ3n) is 4.39. The van der Waals surface area contributed by atoms with E-state index in [-0.39, 0.29) is 5.91 Å². The van der Waals surface area contributed by atoms with E-state index in [1.54, 1.807) is 26.4 Å². The van der Waals surface area contributed by atoms with Crippen LogP contribution in [0.25, 0.3) is 11.3 Å². The molecule has 1 saturated heterocycles. The van der Waals surface area contributed by atoms with Crippen molar-refractivity contribution in [2.45, 2.75) is 18.4 Å². The van der Waals surface area contributed by atoms with Crippen molar-refractivity contribution in [2.24, 2.45) is 0 Å². The molecule has 1 aromatic heterocycles. The largest absolute Gasteiger partial charge is 0.495 e. The number of carbonyl (C=O) groups is 1. The van der Waals surface area contributed by atoms with Crippen LogP contribution >= 0.6 is 22.9 Å². The molecule has 2 heterocycles. The van der Waals surface area contributed by atoms with Gasteiger partial charge in [-0.1, -0.05) is 11.6 Å². The van der Waals surface area contributed by atoms with Gasteiger partial charge in [0.1, 0.15) is 11.4 Å². The lowest BCUT2D eigenvalue weighted by Gasteiger charge is -2.34. The summed E-state index contributed by atoms with van der Waals surface area (Å²) in [6.07, 6.45) is 1.28. The molecule has 6 nitrogen and oxygen atoms in total. The Labute approximate surface area is 155 Å². The zero-order valence-electron chi connectivity index (χ0n) is 14.1. The summed E-state index contributed by atoms with van der Waals surface area (Å²) < 4.78 is 10.7. The summed E-state index contributed by atoms with van der Waals surface area (Å²) in [5.74, 6) is 0.465. The van der Waals surface area contributed by atoms with Gasteiger partial charge in [0, 0.05) is 18.1 Å². The summed E-state index contributed by atoms with van der Waals surface area (Å²) in [7, 11) is 3.15. The van der Waals surface area contributed by atoms with Crippen molar-refractivity contribution in [1.29, 1.82) is 0 Å². The molecule has 1 aliphatic rings. The van der Waals surface area contributed by atoms with E-state index in [1.165, 1.54) is 11.3 Å². The van der Waals surface area contributed by atoms with Crippen molar-refractivity contribution >= 4 is 34.0 Å². The summed E-state index contributed by atoms with van der Waals surface area (Å²) in [4.78, 5) is 17.2. The van der Waals surface area contributed by atoms with E-state index in [2.05, 4.69) is 15.6 Å². The fraction of sp³-hybridized carbons (Fsp3) is 0.412. The van der Waals surface area contributed by atoms with Crippen molar-refractivity contribution in [2.75, 3.05) is 32.6 Å². The van der Waals surface area contributed by atoms with Crippen LogP contribution in [0, 0.1) is 0 Å². The monoisotopic (exact) mass is 381 g/mol. The Morgan fingerprint density at radius 1 is 1.36 bits per heavy atom. The summed E-state index contributed by atoms with van der Waals surface area (Å²) >= 11 is 7.54. The molecule has 1 aliphatic heterocycles. The molecule has 0 bridgehead atoms. The van der Waals surface area contributed by atoms with Gasteiger partial charge in [-0.05, 0) is 44.1 Å². The minimum atomic E-state index is -0.791. The van der Waals surface area contributed by atoms with Crippen LogP contribution in [0.15, 0.2) is 23.6 Å². The Balaban J connectivity index is 1.75. The maximum atomic E-state index is 12.7. The lowest BCUT2D eigenvalue weighted by molar-refractivity contribution is -0.140. The smallest absolute Gasteiger partial charge is 0.258 e. The number of methoxy groups -OCH3 is 2. The molecule has 1 fully saturated rings. The van der Waals surface area contributed by atoms with Crippen molar-refractivity contribution in [3.05, 3.63) is 28.6 Å². The van der Waals surface area contributed by atoms with Crippen LogP contribution < -0.4 is 15.4 Å². The van der Waals surface area contributed by atoms with Crippen LogP contribution in [0.3, 0.4) is 0 Å². The highest BCUT2D eigenvalue weighted by molar-refractivity contribution is 7.14. The fourth-order valence-corrected chi connectivity index (χ4v) is 3.83. The molecule has 0 atom stereocenters. The molecular formula is C17H20ClN3O3S. The second kappa shape index (κ2) is 7.70. The number of ether oxygens (including phenoxy) is 2. The third kappa shape index (κ3) is 3.79. The minimum Gasteiger partial charge on any atom is -0.495 e. The number of anilines is 1. The molecule has 0 saturated carbocycles. The SMILES string of the molecule is COc1ccc(-c2csc(NC(=O)C3(OC)CCNCC3)n2)cc1Cl. The topological polar surface area (TPSA) is 72.5 Å². The minimum absolute atomic E-state index is 0.148. The lowest BCUT2D eigenvalue weighted by atomic mass is 9.91. The van der Waals surface area contributed by atoms with Gasteiger partial charge in [0.25, 0.3) is 5.91 Å². The van der Waals surface area contributed by atoms with Gasteiger partial charge in [0.05, 0.1) is 17.8 Å². The number of piperidine rings is 1. The highest BCUT2D eigenvalue weighted by Gasteiger charge is 2.40. The number of halogens is 1. The predicted molar refractivity (Wildman–Crippen MR) is 99.6 cm³/mol. The first-order valence-corrected chi connectivity index (χ1v) is 9.20. The first-order valence-electron chi connectivity index (χ1n) is 7.95. The van der Waals surface area contributed by atoms with Crippen LogP contribution in [0.4, 0.5) is 5.13 Å². The van der Waals surface area contributed by atoms with E-state index >= 15 is 0 Å². The molecule has 3 rings (SSSR count). The Morgan fingerprint density at radius 2 is 2.12 bits per heavy atom. The zero-order chi connectivity index (χ0) is 17.9. The van der Waals surface area contributed by atoms with Gasteiger partial charge >= 0.3 is 0 Å². The van der Waals surface area contributed by atoms with Crippen LogP contribution in [0.5, 0.6) is 5.75 Å². The molecule has 2 N–H and O–H groups in total. The molecule has 134 valence electrons. The molecule has 2 aromatic rings. The second-order valence-electron chi connectivity index (χ2n) is 5.79. The molecule has 0 spiro atoms. The molecule has 0 unspecified atom stereocenters. The number of rotatable bonds is 5. The molecule has 0 radical (unpaired) electrons. The number of aromatic nitrogens is 1. The zero-order valence-corrected chi connectivity index (χ0v) is 15.7. The fourth-order valence-electron chi connectivity index (χ4n) is 2.85. The average Bonchev–Trinajstić information content (AvgIpc) is 3.10. The highest BCUT2D eigenvalue weighted by Crippen LogP contribution is 2.32. The Kier molecular flexibility index (Phi) is 5.58. The number of nitrogens with one attached hydrogen (secondary N) is 2. The van der Waals surface area contributed by atoms with Crippen molar-refractivity contribution in [3.8, 4) is 17.0 Å². The number of hydrogen-bond acceptors (Lipinski definition) is 6. The van der Waals surface area contributed by atoms with Gasteiger partial charge in [0.15, 0.2) is 5.13 Å². The molecule has 25 heavy (non-hydrogen) atoms. The molecule has 1 amide bonds. The molecular weight excluding hydrogens is 362 g/mol. The van der Waals surface area contributed by atoms with E-state index in [4.69, 9.17) is 21.1 Å². The maximum Gasteiger partial charge on any atom is 0.258 e. The number of thiazole rings is 1. The summed E-state index contributed by atoms with van der Waals surface area (Å²) in [5, 5.41) is 9.07. The van der Waals surface area contributed by atoms with Gasteiger partial charge in [0.2, 0.25) is 0 Å².